The molecular weight excluding hydrogens is 320 g/mol. The second kappa shape index (κ2) is 3.32. The van der Waals surface area contributed by atoms with Gasteiger partial charge >= 0.3 is 0 Å². The Morgan fingerprint density at radius 1 is 1.07 bits per heavy atom. The Bertz CT molecular complexity index is 615. The molecular formula is C11H6Br2N2. The van der Waals surface area contributed by atoms with Gasteiger partial charge in [-0.1, -0.05) is 12.1 Å². The smallest absolute Gasteiger partial charge is 0.106 e. The molecule has 0 saturated heterocycles. The molecule has 0 atom stereocenters. The third-order valence-electron chi connectivity index (χ3n) is 2.38. The minimum Gasteiger partial charge on any atom is -0.348 e. The van der Waals surface area contributed by atoms with E-state index in [4.69, 9.17) is 0 Å². The zero-order valence-electron chi connectivity index (χ0n) is 7.59. The van der Waals surface area contributed by atoms with Crippen molar-refractivity contribution in [3.63, 3.8) is 0 Å². The van der Waals surface area contributed by atoms with E-state index in [2.05, 4.69) is 60.0 Å². The van der Waals surface area contributed by atoms with Gasteiger partial charge in [0.25, 0.3) is 0 Å². The zero-order chi connectivity index (χ0) is 10.4. The summed E-state index contributed by atoms with van der Waals surface area (Å²) >= 11 is 6.81. The van der Waals surface area contributed by atoms with Gasteiger partial charge in [-0.15, -0.1) is 0 Å². The van der Waals surface area contributed by atoms with Crippen LogP contribution in [0.2, 0.25) is 0 Å². The van der Waals surface area contributed by atoms with Gasteiger partial charge in [-0.2, -0.15) is 0 Å². The van der Waals surface area contributed by atoms with Crippen molar-refractivity contribution in [3.8, 4) is 11.3 Å². The number of aromatic amines is 1. The van der Waals surface area contributed by atoms with Crippen LogP contribution in [0.4, 0.5) is 0 Å². The lowest BCUT2D eigenvalue weighted by molar-refractivity contribution is 1.27. The highest BCUT2D eigenvalue weighted by molar-refractivity contribution is 9.10. The number of nitrogens with zero attached hydrogens (tertiary/aromatic N) is 1. The van der Waals surface area contributed by atoms with Crippen molar-refractivity contribution in [3.05, 3.63) is 39.5 Å². The van der Waals surface area contributed by atoms with Gasteiger partial charge in [0.2, 0.25) is 0 Å². The van der Waals surface area contributed by atoms with E-state index in [0.29, 0.717) is 0 Å². The summed E-state index contributed by atoms with van der Waals surface area (Å²) < 4.78 is 1.82. The number of fused-ring (bicyclic) bond motifs is 3. The van der Waals surface area contributed by atoms with Crippen LogP contribution < -0.4 is 0 Å². The quantitative estimate of drug-likeness (QED) is 0.617. The maximum Gasteiger partial charge on any atom is 0.106 e. The van der Waals surface area contributed by atoms with Gasteiger partial charge in [0.15, 0.2) is 0 Å². The first-order valence-electron chi connectivity index (χ1n) is 4.47. The Morgan fingerprint density at radius 2 is 1.93 bits per heavy atom. The summed E-state index contributed by atoms with van der Waals surface area (Å²) in [6.07, 6.45) is 0. The summed E-state index contributed by atoms with van der Waals surface area (Å²) in [7, 11) is 0. The molecule has 74 valence electrons. The third-order valence-corrected chi connectivity index (χ3v) is 3.29. The number of H-pyrrole nitrogens is 1. The van der Waals surface area contributed by atoms with Crippen molar-refractivity contribution in [2.24, 2.45) is 0 Å². The average molecular weight is 326 g/mol. The summed E-state index contributed by atoms with van der Waals surface area (Å²) in [5.41, 5.74) is 3.25. The highest BCUT2D eigenvalue weighted by Crippen LogP contribution is 2.33. The van der Waals surface area contributed by atoms with Crippen LogP contribution in [0.5, 0.6) is 0 Å². The van der Waals surface area contributed by atoms with Gasteiger partial charge < -0.3 is 4.98 Å². The Hall–Kier alpha value is -0.870. The standard InChI is InChI=1S/C11H6Br2N2/c12-8-3-1-6-5-7-2-4-9(13)15-11(7)10(6)14-8/h1-5,14H. The second-order valence-corrected chi connectivity index (χ2v) is 5.02. The summed E-state index contributed by atoms with van der Waals surface area (Å²) in [5.74, 6) is 0. The maximum absolute atomic E-state index is 4.47. The molecule has 1 aliphatic heterocycles. The molecule has 2 nitrogen and oxygen atoms in total. The predicted molar refractivity (Wildman–Crippen MR) is 68.1 cm³/mol. The topological polar surface area (TPSA) is 28.7 Å². The largest absolute Gasteiger partial charge is 0.348 e. The third kappa shape index (κ3) is 1.48. The minimum atomic E-state index is 0.857. The van der Waals surface area contributed by atoms with E-state index in [1.54, 1.807) is 0 Å². The molecule has 0 fully saturated rings. The molecule has 1 N–H and O–H groups in total. The molecule has 2 heterocycles. The number of pyridine rings is 2. The lowest BCUT2D eigenvalue weighted by Gasteiger charge is -2.00. The van der Waals surface area contributed by atoms with Crippen molar-refractivity contribution in [1.82, 2.24) is 9.97 Å². The SMILES string of the molecule is Brc1ccc2cc3ccc(Br)[nH]c-3c2n1. The molecule has 1 aromatic rings. The Morgan fingerprint density at radius 3 is 2.80 bits per heavy atom. The van der Waals surface area contributed by atoms with Crippen molar-refractivity contribution in [1.29, 1.82) is 0 Å². The predicted octanol–water partition coefficient (Wildman–Crippen LogP) is 4.19. The Balaban J connectivity index is 2.48. The highest BCUT2D eigenvalue weighted by Gasteiger charge is 2.11. The van der Waals surface area contributed by atoms with Crippen molar-refractivity contribution >= 4 is 42.8 Å². The number of nitrogens with one attached hydrogen (secondary N) is 1. The van der Waals surface area contributed by atoms with Gasteiger partial charge in [-0.25, -0.2) is 4.98 Å². The van der Waals surface area contributed by atoms with Gasteiger partial charge in [-0.05, 0) is 50.1 Å². The lowest BCUT2D eigenvalue weighted by Crippen LogP contribution is -1.83. The van der Waals surface area contributed by atoms with Gasteiger partial charge in [0.1, 0.15) is 4.60 Å². The molecule has 0 saturated carbocycles. The lowest BCUT2D eigenvalue weighted by atomic mass is 10.2. The molecule has 0 spiro atoms. The molecule has 3 rings (SSSR count). The van der Waals surface area contributed by atoms with E-state index in [1.165, 1.54) is 5.56 Å². The number of hydrogen-bond donors (Lipinski definition) is 1. The average Bonchev–Trinajstić information content (AvgIpc) is 2.56. The monoisotopic (exact) mass is 324 g/mol. The van der Waals surface area contributed by atoms with E-state index >= 15 is 0 Å². The fourth-order valence-electron chi connectivity index (χ4n) is 1.73. The van der Waals surface area contributed by atoms with Gasteiger partial charge in [0, 0.05) is 10.9 Å². The maximum atomic E-state index is 4.47. The fraction of sp³-hybridized carbons (Fsp3) is 0. The van der Waals surface area contributed by atoms with Gasteiger partial charge in [-0.3, -0.25) is 0 Å². The molecule has 0 amide bonds. The van der Waals surface area contributed by atoms with Crippen LogP contribution in [0.25, 0.3) is 22.2 Å². The fourth-order valence-corrected chi connectivity index (χ4v) is 2.37. The van der Waals surface area contributed by atoms with Crippen molar-refractivity contribution in [2.75, 3.05) is 0 Å². The number of rotatable bonds is 0. The summed E-state index contributed by atoms with van der Waals surface area (Å²) in [4.78, 5) is 7.74. The summed E-state index contributed by atoms with van der Waals surface area (Å²) in [5, 5.41) is 1.16. The Labute approximate surface area is 103 Å². The highest BCUT2D eigenvalue weighted by atomic mass is 79.9. The van der Waals surface area contributed by atoms with Crippen molar-refractivity contribution in [2.45, 2.75) is 0 Å². The zero-order valence-corrected chi connectivity index (χ0v) is 10.8. The second-order valence-electron chi connectivity index (χ2n) is 3.35. The van der Waals surface area contributed by atoms with Crippen LogP contribution in [0.1, 0.15) is 0 Å². The number of halogens is 2. The molecule has 1 aromatic heterocycles. The molecule has 0 radical (unpaired) electrons. The molecule has 0 bridgehead atoms. The molecule has 4 heteroatoms. The summed E-state index contributed by atoms with van der Waals surface area (Å²) in [6, 6.07) is 10.2. The molecule has 15 heavy (non-hydrogen) atoms. The van der Waals surface area contributed by atoms with E-state index in [-0.39, 0.29) is 0 Å². The molecule has 0 aromatic carbocycles. The first-order chi connectivity index (χ1) is 7.24. The minimum absolute atomic E-state index is 0.857. The van der Waals surface area contributed by atoms with E-state index in [1.807, 2.05) is 12.1 Å². The van der Waals surface area contributed by atoms with E-state index in [0.717, 1.165) is 25.8 Å². The van der Waals surface area contributed by atoms with E-state index in [9.17, 15) is 0 Å². The van der Waals surface area contributed by atoms with Crippen LogP contribution in [-0.2, 0) is 0 Å². The normalized spacial score (nSPS) is 11.3. The molecule has 1 aliphatic carbocycles. The number of hydrogen-bond acceptors (Lipinski definition) is 1. The van der Waals surface area contributed by atoms with Crippen LogP contribution >= 0.6 is 31.9 Å². The van der Waals surface area contributed by atoms with Gasteiger partial charge in [0.05, 0.1) is 15.8 Å². The number of aromatic nitrogens is 2. The van der Waals surface area contributed by atoms with Crippen LogP contribution in [0.15, 0.2) is 39.5 Å². The van der Waals surface area contributed by atoms with Crippen LogP contribution in [0, 0.1) is 0 Å². The molecule has 2 aliphatic rings. The first-order valence-corrected chi connectivity index (χ1v) is 6.06. The van der Waals surface area contributed by atoms with Crippen LogP contribution in [-0.4, -0.2) is 9.97 Å². The first kappa shape index (κ1) is 9.36. The summed E-state index contributed by atoms with van der Waals surface area (Å²) in [6.45, 7) is 0. The van der Waals surface area contributed by atoms with Crippen LogP contribution in [0.3, 0.4) is 0 Å². The Kier molecular flexibility index (Phi) is 2.07. The van der Waals surface area contributed by atoms with Crippen molar-refractivity contribution < 1.29 is 0 Å². The van der Waals surface area contributed by atoms with E-state index < -0.39 is 0 Å². The molecule has 0 unspecified atom stereocenters.